The van der Waals surface area contributed by atoms with Crippen molar-refractivity contribution in [2.75, 3.05) is 0 Å². The molecule has 1 aromatic carbocycles. The predicted molar refractivity (Wildman–Crippen MR) is 47.3 cm³/mol. The van der Waals surface area contributed by atoms with Crippen molar-refractivity contribution in [1.29, 1.82) is 5.26 Å². The Hall–Kier alpha value is -1.83. The average Bonchev–Trinajstić information content (AvgIpc) is 2.67. The van der Waals surface area contributed by atoms with E-state index in [9.17, 15) is 23.1 Å². The van der Waals surface area contributed by atoms with Gasteiger partial charge in [0, 0.05) is 0 Å². The number of carboxylic acids is 1. The molecule has 1 atom stereocenters. The molecule has 1 aromatic rings. The summed E-state index contributed by atoms with van der Waals surface area (Å²) in [5, 5.41) is 18.8. The fraction of sp³-hybridized carbons (Fsp3) is 0.200. The third-order valence-corrected chi connectivity index (χ3v) is 2.35. The van der Waals surface area contributed by atoms with Crippen molar-refractivity contribution in [2.45, 2.75) is 11.8 Å². The van der Waals surface area contributed by atoms with Gasteiger partial charge in [0.15, 0.2) is 0 Å². The van der Waals surface area contributed by atoms with Crippen molar-refractivity contribution in [3.63, 3.8) is 0 Å². The predicted octanol–water partition coefficient (Wildman–Crippen LogP) is -4.18. The molecule has 0 fully saturated rings. The number of hydrogen-bond acceptors (Lipinski definition) is 5. The van der Waals surface area contributed by atoms with Crippen LogP contribution in [0.3, 0.4) is 0 Å². The van der Waals surface area contributed by atoms with Crippen LogP contribution >= 0.6 is 0 Å². The maximum absolute atomic E-state index is 12.7. The number of nitrogens with zero attached hydrogens (tertiary/aromatic N) is 3. The molecule has 19 heavy (non-hydrogen) atoms. The van der Waals surface area contributed by atoms with Crippen LogP contribution in [0.2, 0.25) is 0 Å². The molecule has 5 nitrogen and oxygen atoms in total. The number of nitriles is 1. The summed E-state index contributed by atoms with van der Waals surface area (Å²) in [7, 11) is 0. The largest absolute Gasteiger partial charge is 1.00 e. The van der Waals surface area contributed by atoms with Gasteiger partial charge >= 0.3 is 25.0 Å². The summed E-state index contributed by atoms with van der Waals surface area (Å²) >= 11 is 0. The van der Waals surface area contributed by atoms with Gasteiger partial charge in [0.1, 0.15) is 5.97 Å². The van der Waals surface area contributed by atoms with E-state index in [1.807, 2.05) is 0 Å². The molecule has 0 radical (unpaired) electrons. The zero-order valence-electron chi connectivity index (χ0n) is 9.52. The van der Waals surface area contributed by atoms with Crippen molar-refractivity contribution in [3.05, 3.63) is 34.5 Å². The fourth-order valence-corrected chi connectivity index (χ4v) is 1.48. The fourth-order valence-electron chi connectivity index (χ4n) is 1.48. The van der Waals surface area contributed by atoms with Gasteiger partial charge in [0.25, 0.3) is 5.66 Å². The molecule has 1 heterocycles. The van der Waals surface area contributed by atoms with Gasteiger partial charge < -0.3 is 9.90 Å². The Kier molecular flexibility index (Phi) is 3.76. The maximum atomic E-state index is 12.7. The number of halogens is 3. The monoisotopic (exact) mass is 261 g/mol. The normalized spacial score (nSPS) is 20.3. The van der Waals surface area contributed by atoms with Gasteiger partial charge in [-0.3, -0.25) is 0 Å². The minimum atomic E-state index is -5.21. The zero-order valence-corrected chi connectivity index (χ0v) is 9.52. The third-order valence-electron chi connectivity index (χ3n) is 2.35. The van der Waals surface area contributed by atoms with Crippen LogP contribution in [0.25, 0.3) is 0 Å². The Morgan fingerprint density at radius 2 is 1.89 bits per heavy atom. The maximum Gasteiger partial charge on any atom is 1.00 e. The molecule has 1 unspecified atom stereocenters. The van der Waals surface area contributed by atoms with Gasteiger partial charge in [-0.05, 0) is 18.2 Å². The Bertz CT molecular complexity index is 695. The van der Waals surface area contributed by atoms with E-state index in [0.717, 1.165) is 12.1 Å². The second-order valence-corrected chi connectivity index (χ2v) is 3.50. The summed E-state index contributed by atoms with van der Waals surface area (Å²) in [5.41, 5.74) is -3.56. The Balaban J connectivity index is 0.00000180. The Labute approximate surface area is 116 Å². The summed E-state index contributed by atoms with van der Waals surface area (Å²) in [6.07, 6.45) is -5.21. The molecule has 2 rings (SSSR count). The van der Waals surface area contributed by atoms with E-state index >= 15 is 0 Å². The summed E-state index contributed by atoms with van der Waals surface area (Å²) in [6, 6.07) is 5.07. The first-order valence-electron chi connectivity index (χ1n) is 4.58. The van der Waals surface area contributed by atoms with Gasteiger partial charge in [-0.1, -0.05) is 0 Å². The first-order chi connectivity index (χ1) is 8.30. The summed E-state index contributed by atoms with van der Waals surface area (Å²) in [4.78, 5) is 16.8. The quantitative estimate of drug-likeness (QED) is 0.480. The number of carboxylic acid groups (broad SMARTS) is 1. The molecule has 0 amide bonds. The second kappa shape index (κ2) is 4.69. The van der Waals surface area contributed by atoms with E-state index < -0.39 is 17.8 Å². The number of alkyl halides is 3. The van der Waals surface area contributed by atoms with Gasteiger partial charge in [-0.25, -0.2) is 9.98 Å². The third kappa shape index (κ3) is 2.23. The molecule has 1 aliphatic rings. The van der Waals surface area contributed by atoms with Crippen molar-refractivity contribution in [3.8, 4) is 6.07 Å². The molecule has 0 N–H and O–H groups in total. The number of fused-ring (bicyclic) bond motifs is 1. The van der Waals surface area contributed by atoms with Gasteiger partial charge in [-0.15, -0.1) is 0 Å². The number of carbonyl (C=O) groups is 1. The molecule has 0 aliphatic carbocycles. The number of carbonyl (C=O) groups excluding carboxylic acids is 1. The van der Waals surface area contributed by atoms with E-state index in [1.165, 1.54) is 6.07 Å². The van der Waals surface area contributed by atoms with Crippen molar-refractivity contribution in [1.82, 2.24) is 0 Å². The first kappa shape index (κ1) is 15.2. The van der Waals surface area contributed by atoms with E-state index in [1.54, 1.807) is 6.07 Å². The van der Waals surface area contributed by atoms with E-state index in [-0.39, 0.29) is 35.1 Å². The first-order valence-corrected chi connectivity index (χ1v) is 4.58. The Morgan fingerprint density at radius 1 is 1.32 bits per heavy atom. The minimum Gasteiger partial charge on any atom is -0.545 e. The molecule has 0 saturated carbocycles. The van der Waals surface area contributed by atoms with Crippen LogP contribution in [0.4, 0.5) is 13.2 Å². The van der Waals surface area contributed by atoms with Crippen LogP contribution < -0.4 is 34.7 Å². The van der Waals surface area contributed by atoms with Crippen molar-refractivity contribution < 1.29 is 41.9 Å². The second-order valence-electron chi connectivity index (χ2n) is 3.50. The molecule has 1 aliphatic heterocycles. The molecule has 0 saturated heterocycles. The van der Waals surface area contributed by atoms with Crippen molar-refractivity contribution >= 4 is 5.97 Å². The SMILES string of the molecule is N#Cc1ccc2c(c1)=NC(C(=O)[O-])(C(F)(F)F)N=2.[Li+]. The average molecular weight is 261 g/mol. The summed E-state index contributed by atoms with van der Waals surface area (Å²) in [5.74, 6) is -2.45. The number of rotatable bonds is 1. The Morgan fingerprint density at radius 3 is 2.37 bits per heavy atom. The molecule has 0 spiro atoms. The number of aliphatic carboxylic acids is 1. The van der Waals surface area contributed by atoms with Crippen LogP contribution in [-0.4, -0.2) is 17.8 Å². The molecule has 9 heteroatoms. The van der Waals surface area contributed by atoms with Gasteiger partial charge in [-0.2, -0.15) is 18.4 Å². The number of hydrogen-bond donors (Lipinski definition) is 0. The van der Waals surface area contributed by atoms with Crippen LogP contribution in [0, 0.1) is 11.3 Å². The molecular weight excluding hydrogens is 258 g/mol. The standard InChI is InChI=1S/C10H4F3N3O2.Li/c11-10(12,13)9(8(17)18)15-6-2-1-5(4-14)3-7(6)16-9;/h1-3H,(H,17,18);/q;+1/p-1. The molecular formula is C10H3F3LiN3O2. The minimum absolute atomic E-state index is 0. The van der Waals surface area contributed by atoms with Crippen molar-refractivity contribution in [2.24, 2.45) is 9.98 Å². The van der Waals surface area contributed by atoms with Crippen LogP contribution in [0.5, 0.6) is 0 Å². The smallest absolute Gasteiger partial charge is 0.545 e. The van der Waals surface area contributed by atoms with Gasteiger partial charge in [0.05, 0.1) is 22.3 Å². The van der Waals surface area contributed by atoms with Gasteiger partial charge in [0.2, 0.25) is 0 Å². The summed E-state index contributed by atoms with van der Waals surface area (Å²) < 4.78 is 38.2. The van der Waals surface area contributed by atoms with Crippen LogP contribution in [0.1, 0.15) is 5.56 Å². The zero-order chi connectivity index (χ0) is 13.6. The van der Waals surface area contributed by atoms with Crippen LogP contribution in [-0.2, 0) is 4.79 Å². The molecule has 0 aromatic heterocycles. The van der Waals surface area contributed by atoms with Crippen LogP contribution in [0.15, 0.2) is 28.2 Å². The molecule has 0 bridgehead atoms. The molecule has 92 valence electrons. The number of benzene rings is 1. The van der Waals surface area contributed by atoms with E-state index in [4.69, 9.17) is 5.26 Å². The topological polar surface area (TPSA) is 88.6 Å². The van der Waals surface area contributed by atoms with E-state index in [2.05, 4.69) is 9.98 Å². The van der Waals surface area contributed by atoms with E-state index in [0.29, 0.717) is 0 Å². The summed E-state index contributed by atoms with van der Waals surface area (Å²) in [6.45, 7) is 0.